The lowest BCUT2D eigenvalue weighted by molar-refractivity contribution is 0.355. The first-order chi connectivity index (χ1) is 19.7. The maximum atomic E-state index is 5.46. The summed E-state index contributed by atoms with van der Waals surface area (Å²) in [6, 6.07) is 20.2. The van der Waals surface area contributed by atoms with E-state index in [4.69, 9.17) is 19.4 Å². The van der Waals surface area contributed by atoms with Crippen molar-refractivity contribution in [2.75, 3.05) is 50.2 Å². The Morgan fingerprint density at radius 2 is 1.25 bits per heavy atom. The molecule has 1 fully saturated rings. The number of nitrogens with one attached hydrogen (secondary N) is 2. The van der Waals surface area contributed by atoms with Crippen LogP contribution in [0.5, 0.6) is 11.5 Å². The van der Waals surface area contributed by atoms with Crippen LogP contribution in [0, 0.1) is 0 Å². The monoisotopic (exact) mass is 532 g/mol. The predicted molar refractivity (Wildman–Crippen MR) is 156 cm³/mol. The smallest absolute Gasteiger partial charge is 0.225 e. The molecule has 7 rings (SSSR count). The quantitative estimate of drug-likeness (QED) is 0.312. The molecular formula is C30H28N8O2. The summed E-state index contributed by atoms with van der Waals surface area (Å²) in [6.45, 7) is 3.57. The van der Waals surface area contributed by atoms with E-state index in [1.165, 1.54) is 5.69 Å². The number of benzene rings is 3. The molecule has 1 aliphatic heterocycles. The van der Waals surface area contributed by atoms with Crippen LogP contribution < -0.4 is 19.3 Å². The molecule has 10 nitrogen and oxygen atoms in total. The Balaban J connectivity index is 1.12. The lowest BCUT2D eigenvalue weighted by atomic mass is 10.2. The van der Waals surface area contributed by atoms with Crippen molar-refractivity contribution in [3.05, 3.63) is 73.1 Å². The van der Waals surface area contributed by atoms with E-state index in [1.54, 1.807) is 26.6 Å². The van der Waals surface area contributed by atoms with Crippen LogP contribution in [0.1, 0.15) is 0 Å². The molecule has 0 aliphatic carbocycles. The van der Waals surface area contributed by atoms with Crippen molar-refractivity contribution in [2.45, 2.75) is 0 Å². The van der Waals surface area contributed by atoms with Crippen molar-refractivity contribution in [1.29, 1.82) is 0 Å². The highest BCUT2D eigenvalue weighted by molar-refractivity contribution is 5.87. The number of methoxy groups -OCH3 is 2. The van der Waals surface area contributed by atoms with Gasteiger partial charge in [0.25, 0.3) is 0 Å². The second kappa shape index (κ2) is 9.88. The van der Waals surface area contributed by atoms with Gasteiger partial charge in [-0.3, -0.25) is 0 Å². The van der Waals surface area contributed by atoms with Gasteiger partial charge in [0.1, 0.15) is 11.6 Å². The molecule has 0 saturated carbocycles. The molecule has 1 aliphatic rings. The molecule has 0 radical (unpaired) electrons. The second-order valence-corrected chi connectivity index (χ2v) is 9.70. The summed E-state index contributed by atoms with van der Waals surface area (Å²) >= 11 is 0. The number of H-pyrrole nitrogens is 2. The highest BCUT2D eigenvalue weighted by Crippen LogP contribution is 2.33. The first-order valence-electron chi connectivity index (χ1n) is 13.2. The van der Waals surface area contributed by atoms with E-state index < -0.39 is 0 Å². The van der Waals surface area contributed by atoms with E-state index in [0.29, 0.717) is 11.5 Å². The summed E-state index contributed by atoms with van der Waals surface area (Å²) in [7, 11) is 3.26. The lowest BCUT2D eigenvalue weighted by Crippen LogP contribution is -2.47. The average molecular weight is 533 g/mol. The van der Waals surface area contributed by atoms with Gasteiger partial charge in [-0.1, -0.05) is 0 Å². The van der Waals surface area contributed by atoms with Crippen LogP contribution in [-0.2, 0) is 0 Å². The molecule has 10 heteroatoms. The van der Waals surface area contributed by atoms with Gasteiger partial charge in [-0.2, -0.15) is 0 Å². The Kier molecular flexibility index (Phi) is 5.92. The van der Waals surface area contributed by atoms with Crippen molar-refractivity contribution in [2.24, 2.45) is 0 Å². The van der Waals surface area contributed by atoms with Crippen LogP contribution >= 0.6 is 0 Å². The van der Waals surface area contributed by atoms with E-state index in [2.05, 4.69) is 54.0 Å². The third kappa shape index (κ3) is 4.33. The zero-order valence-corrected chi connectivity index (χ0v) is 22.3. The maximum absolute atomic E-state index is 5.46. The number of imidazole rings is 2. The Morgan fingerprint density at radius 1 is 0.650 bits per heavy atom. The van der Waals surface area contributed by atoms with E-state index in [0.717, 1.165) is 77.0 Å². The number of rotatable bonds is 6. The van der Waals surface area contributed by atoms with Gasteiger partial charge in [-0.05, 0) is 60.7 Å². The molecule has 0 bridgehead atoms. The minimum absolute atomic E-state index is 0.662. The van der Waals surface area contributed by atoms with Crippen LogP contribution in [-0.4, -0.2) is 70.3 Å². The maximum Gasteiger partial charge on any atom is 0.225 e. The van der Waals surface area contributed by atoms with Crippen LogP contribution in [0.2, 0.25) is 0 Å². The Morgan fingerprint density at radius 3 is 1.95 bits per heavy atom. The molecule has 0 spiro atoms. The average Bonchev–Trinajstić information content (AvgIpc) is 3.65. The molecular weight excluding hydrogens is 504 g/mol. The van der Waals surface area contributed by atoms with E-state index in [1.807, 2.05) is 36.4 Å². The highest BCUT2D eigenvalue weighted by Gasteiger charge is 2.20. The summed E-state index contributed by atoms with van der Waals surface area (Å²) in [4.78, 5) is 30.0. The second-order valence-electron chi connectivity index (χ2n) is 9.70. The van der Waals surface area contributed by atoms with Gasteiger partial charge in [0, 0.05) is 55.4 Å². The Hall–Kier alpha value is -5.12. The van der Waals surface area contributed by atoms with Gasteiger partial charge in [0.2, 0.25) is 5.95 Å². The van der Waals surface area contributed by atoms with Crippen LogP contribution in [0.3, 0.4) is 0 Å². The first kappa shape index (κ1) is 24.0. The minimum atomic E-state index is 0.662. The van der Waals surface area contributed by atoms with Crippen molar-refractivity contribution >= 4 is 33.7 Å². The fourth-order valence-electron chi connectivity index (χ4n) is 5.23. The summed E-state index contributed by atoms with van der Waals surface area (Å²) in [5.74, 6) is 3.72. The molecule has 3 aromatic carbocycles. The van der Waals surface area contributed by atoms with Crippen molar-refractivity contribution in [1.82, 2.24) is 29.9 Å². The SMILES string of the molecule is COc1ccc(-c2nc3ccc(-c4nc5ccc(N6CCN(c7ncccn7)CC6)cc5[nH]4)cc3[nH]2)cc1OC. The zero-order valence-electron chi connectivity index (χ0n) is 22.3. The fraction of sp³-hybridized carbons (Fsp3) is 0.200. The fourth-order valence-corrected chi connectivity index (χ4v) is 5.23. The van der Waals surface area contributed by atoms with Gasteiger partial charge in [0.05, 0.1) is 36.3 Å². The van der Waals surface area contributed by atoms with Crippen LogP contribution in [0.25, 0.3) is 44.8 Å². The molecule has 6 aromatic rings. The number of fused-ring (bicyclic) bond motifs is 2. The molecule has 40 heavy (non-hydrogen) atoms. The summed E-state index contributed by atoms with van der Waals surface area (Å²) in [6.07, 6.45) is 3.58. The van der Waals surface area contributed by atoms with Gasteiger partial charge >= 0.3 is 0 Å². The third-order valence-corrected chi connectivity index (χ3v) is 7.36. The number of aromatic nitrogens is 6. The summed E-state index contributed by atoms with van der Waals surface area (Å²) < 4.78 is 10.8. The van der Waals surface area contributed by atoms with E-state index >= 15 is 0 Å². The summed E-state index contributed by atoms with van der Waals surface area (Å²) in [5.41, 5.74) is 6.85. The molecule has 1 saturated heterocycles. The van der Waals surface area contributed by atoms with Crippen LogP contribution in [0.15, 0.2) is 73.1 Å². The number of piperazine rings is 1. The van der Waals surface area contributed by atoms with Gasteiger partial charge in [0.15, 0.2) is 11.5 Å². The number of nitrogens with zero attached hydrogens (tertiary/aromatic N) is 6. The van der Waals surface area contributed by atoms with Crippen molar-refractivity contribution < 1.29 is 9.47 Å². The first-order valence-corrected chi connectivity index (χ1v) is 13.2. The van der Waals surface area contributed by atoms with Gasteiger partial charge in [-0.15, -0.1) is 0 Å². The number of ether oxygens (including phenoxy) is 2. The summed E-state index contributed by atoms with van der Waals surface area (Å²) in [5, 5.41) is 0. The van der Waals surface area contributed by atoms with Crippen LogP contribution in [0.4, 0.5) is 11.6 Å². The topological polar surface area (TPSA) is 108 Å². The van der Waals surface area contributed by atoms with E-state index in [-0.39, 0.29) is 0 Å². The zero-order chi connectivity index (χ0) is 27.1. The lowest BCUT2D eigenvalue weighted by Gasteiger charge is -2.36. The highest BCUT2D eigenvalue weighted by atomic mass is 16.5. The standard InChI is InChI=1S/C30H28N8O2/c1-39-26-9-5-20(17-27(26)40-2)29-33-22-7-4-19(16-24(22)35-29)28-34-23-8-6-21(18-25(23)36-28)37-12-14-38(15-13-37)30-31-10-3-11-32-30/h3-11,16-18H,12-15H2,1-2H3,(H,33,35)(H,34,36). The number of hydrogen-bond acceptors (Lipinski definition) is 8. The van der Waals surface area contributed by atoms with Gasteiger partial charge < -0.3 is 29.2 Å². The number of aromatic amines is 2. The molecule has 0 unspecified atom stereocenters. The van der Waals surface area contributed by atoms with Crippen molar-refractivity contribution in [3.8, 4) is 34.3 Å². The molecule has 4 heterocycles. The van der Waals surface area contributed by atoms with E-state index in [9.17, 15) is 0 Å². The van der Waals surface area contributed by atoms with Crippen molar-refractivity contribution in [3.63, 3.8) is 0 Å². The predicted octanol–water partition coefficient (Wildman–Crippen LogP) is 4.91. The number of anilines is 2. The normalized spacial score (nSPS) is 13.8. The third-order valence-electron chi connectivity index (χ3n) is 7.36. The molecule has 2 N–H and O–H groups in total. The molecule has 3 aromatic heterocycles. The Bertz CT molecular complexity index is 1810. The Labute approximate surface area is 230 Å². The minimum Gasteiger partial charge on any atom is -0.493 e. The number of hydrogen-bond donors (Lipinski definition) is 2. The molecule has 200 valence electrons. The van der Waals surface area contributed by atoms with Gasteiger partial charge in [-0.25, -0.2) is 19.9 Å². The molecule has 0 atom stereocenters. The molecule has 0 amide bonds. The largest absolute Gasteiger partial charge is 0.493 e.